The molecule has 0 heterocycles. The summed E-state index contributed by atoms with van der Waals surface area (Å²) in [4.78, 5) is 10.2. The standard InChI is InChI=1S/C5H10O3.H2O/c1-3-7-5(6)8-4-2;/h3-4H2,1-2H3;1H2. The van der Waals surface area contributed by atoms with E-state index < -0.39 is 6.16 Å². The van der Waals surface area contributed by atoms with Crippen molar-refractivity contribution in [3.8, 4) is 0 Å². The van der Waals surface area contributed by atoms with Crippen molar-refractivity contribution in [3.63, 3.8) is 0 Å². The molecule has 0 fully saturated rings. The third-order valence-corrected chi connectivity index (χ3v) is 0.524. The molecule has 0 aromatic carbocycles. The lowest BCUT2D eigenvalue weighted by atomic mass is 10.8. The zero-order chi connectivity index (χ0) is 6.41. The Morgan fingerprint density at radius 1 is 1.22 bits per heavy atom. The lowest BCUT2D eigenvalue weighted by Gasteiger charge is -1.98. The SMILES string of the molecule is CCOC(=O)OCC.O. The van der Waals surface area contributed by atoms with Crippen molar-refractivity contribution in [2.75, 3.05) is 13.2 Å². The Morgan fingerprint density at radius 2 is 1.56 bits per heavy atom. The van der Waals surface area contributed by atoms with Gasteiger partial charge in [0.2, 0.25) is 0 Å². The quantitative estimate of drug-likeness (QED) is 0.514. The van der Waals surface area contributed by atoms with Crippen LogP contribution in [0.15, 0.2) is 0 Å². The second kappa shape index (κ2) is 7.23. The Bertz CT molecular complexity index is 63.4. The van der Waals surface area contributed by atoms with E-state index in [1.165, 1.54) is 0 Å². The Hall–Kier alpha value is -0.770. The Kier molecular flexibility index (Phi) is 8.90. The summed E-state index contributed by atoms with van der Waals surface area (Å²) < 4.78 is 8.84. The largest absolute Gasteiger partial charge is 0.508 e. The molecule has 0 atom stereocenters. The molecule has 2 N–H and O–H groups in total. The molecule has 4 nitrogen and oxygen atoms in total. The maximum absolute atomic E-state index is 10.2. The molecule has 0 rings (SSSR count). The summed E-state index contributed by atoms with van der Waals surface area (Å²) >= 11 is 0. The molecule has 0 radical (unpaired) electrons. The molecule has 0 saturated heterocycles. The van der Waals surface area contributed by atoms with Crippen LogP contribution in [-0.4, -0.2) is 24.8 Å². The number of rotatable bonds is 2. The lowest BCUT2D eigenvalue weighted by Crippen LogP contribution is -2.05. The topological polar surface area (TPSA) is 67.0 Å². The normalized spacial score (nSPS) is 7.33. The molecule has 0 aliphatic carbocycles. The maximum atomic E-state index is 10.2. The van der Waals surface area contributed by atoms with Gasteiger partial charge in [0, 0.05) is 0 Å². The number of hydrogen-bond acceptors (Lipinski definition) is 3. The van der Waals surface area contributed by atoms with E-state index in [0.717, 1.165) is 0 Å². The van der Waals surface area contributed by atoms with Crippen LogP contribution in [0.2, 0.25) is 0 Å². The highest BCUT2D eigenvalue weighted by Crippen LogP contribution is 1.81. The molecule has 0 aliphatic rings. The lowest BCUT2D eigenvalue weighted by molar-refractivity contribution is 0.0630. The second-order valence-electron chi connectivity index (χ2n) is 1.12. The van der Waals surface area contributed by atoms with Crippen LogP contribution in [0.3, 0.4) is 0 Å². The van der Waals surface area contributed by atoms with E-state index >= 15 is 0 Å². The third kappa shape index (κ3) is 7.23. The van der Waals surface area contributed by atoms with Crippen molar-refractivity contribution in [3.05, 3.63) is 0 Å². The molecule has 0 unspecified atom stereocenters. The summed E-state index contributed by atoms with van der Waals surface area (Å²) in [7, 11) is 0. The predicted octanol–water partition coefficient (Wildman–Crippen LogP) is 0.355. The van der Waals surface area contributed by atoms with Crippen LogP contribution < -0.4 is 0 Å². The summed E-state index contributed by atoms with van der Waals surface area (Å²) in [5.74, 6) is 0. The maximum Gasteiger partial charge on any atom is 0.508 e. The van der Waals surface area contributed by atoms with E-state index in [-0.39, 0.29) is 5.48 Å². The molecule has 9 heavy (non-hydrogen) atoms. The van der Waals surface area contributed by atoms with Crippen LogP contribution in [-0.2, 0) is 9.47 Å². The number of hydrogen-bond donors (Lipinski definition) is 0. The van der Waals surface area contributed by atoms with Crippen molar-refractivity contribution in [1.29, 1.82) is 0 Å². The van der Waals surface area contributed by atoms with Crippen molar-refractivity contribution < 1.29 is 19.7 Å². The predicted molar refractivity (Wildman–Crippen MR) is 32.3 cm³/mol. The zero-order valence-electron chi connectivity index (χ0n) is 5.64. The fourth-order valence-electron chi connectivity index (χ4n) is 0.277. The Morgan fingerprint density at radius 3 is 1.78 bits per heavy atom. The van der Waals surface area contributed by atoms with E-state index in [1.54, 1.807) is 13.8 Å². The van der Waals surface area contributed by atoms with E-state index in [1.807, 2.05) is 0 Å². The average molecular weight is 136 g/mol. The highest BCUT2D eigenvalue weighted by Gasteiger charge is 1.96. The second-order valence-corrected chi connectivity index (χ2v) is 1.12. The molecule has 0 aromatic rings. The first-order valence-electron chi connectivity index (χ1n) is 2.60. The Labute approximate surface area is 54.1 Å². The van der Waals surface area contributed by atoms with Crippen LogP contribution in [0.1, 0.15) is 13.8 Å². The molecule has 4 heteroatoms. The molecule has 0 spiro atoms. The fraction of sp³-hybridized carbons (Fsp3) is 0.800. The van der Waals surface area contributed by atoms with Crippen LogP contribution >= 0.6 is 0 Å². The summed E-state index contributed by atoms with van der Waals surface area (Å²) in [6.07, 6.45) is -0.588. The Balaban J connectivity index is 0. The molecule has 0 aromatic heterocycles. The van der Waals surface area contributed by atoms with Gasteiger partial charge in [0.1, 0.15) is 0 Å². The summed E-state index contributed by atoms with van der Waals surface area (Å²) in [5, 5.41) is 0. The summed E-state index contributed by atoms with van der Waals surface area (Å²) in [6, 6.07) is 0. The van der Waals surface area contributed by atoms with Gasteiger partial charge in [-0.3, -0.25) is 0 Å². The van der Waals surface area contributed by atoms with E-state index in [0.29, 0.717) is 13.2 Å². The van der Waals surface area contributed by atoms with Crippen LogP contribution in [0.25, 0.3) is 0 Å². The zero-order valence-corrected chi connectivity index (χ0v) is 5.64. The molecular formula is C5H12O4. The van der Waals surface area contributed by atoms with Crippen molar-refractivity contribution in [2.24, 2.45) is 0 Å². The van der Waals surface area contributed by atoms with Crippen molar-refractivity contribution in [1.82, 2.24) is 0 Å². The van der Waals surface area contributed by atoms with Crippen LogP contribution in [0, 0.1) is 0 Å². The van der Waals surface area contributed by atoms with Gasteiger partial charge < -0.3 is 14.9 Å². The van der Waals surface area contributed by atoms with Gasteiger partial charge in [-0.1, -0.05) is 0 Å². The first kappa shape index (κ1) is 11.1. The number of ether oxygens (including phenoxy) is 2. The van der Waals surface area contributed by atoms with Gasteiger partial charge in [-0.2, -0.15) is 0 Å². The molecule has 0 aliphatic heterocycles. The van der Waals surface area contributed by atoms with Gasteiger partial charge in [-0.15, -0.1) is 0 Å². The summed E-state index contributed by atoms with van der Waals surface area (Å²) in [6.45, 7) is 4.21. The number of carbonyl (C=O) groups is 1. The first-order valence-corrected chi connectivity index (χ1v) is 2.60. The van der Waals surface area contributed by atoms with E-state index in [2.05, 4.69) is 9.47 Å². The number of carbonyl (C=O) groups excluding carboxylic acids is 1. The average Bonchev–Trinajstić information content (AvgIpc) is 1.68. The van der Waals surface area contributed by atoms with Gasteiger partial charge in [0.15, 0.2) is 0 Å². The minimum atomic E-state index is -0.588. The van der Waals surface area contributed by atoms with Crippen molar-refractivity contribution >= 4 is 6.16 Å². The first-order chi connectivity index (χ1) is 3.81. The fourth-order valence-corrected chi connectivity index (χ4v) is 0.277. The van der Waals surface area contributed by atoms with Gasteiger partial charge >= 0.3 is 6.16 Å². The van der Waals surface area contributed by atoms with Crippen molar-refractivity contribution in [2.45, 2.75) is 13.8 Å². The smallest absolute Gasteiger partial charge is 0.435 e. The van der Waals surface area contributed by atoms with Gasteiger partial charge in [-0.25, -0.2) is 4.79 Å². The molecule has 56 valence electrons. The van der Waals surface area contributed by atoms with Crippen LogP contribution in [0.4, 0.5) is 4.79 Å². The highest BCUT2D eigenvalue weighted by molar-refractivity contribution is 5.59. The molecular weight excluding hydrogens is 124 g/mol. The van der Waals surface area contributed by atoms with E-state index in [4.69, 9.17) is 0 Å². The molecule has 0 saturated carbocycles. The molecule has 0 amide bonds. The van der Waals surface area contributed by atoms with Gasteiger partial charge in [0.05, 0.1) is 13.2 Å². The van der Waals surface area contributed by atoms with Gasteiger partial charge in [0.25, 0.3) is 0 Å². The van der Waals surface area contributed by atoms with Crippen LogP contribution in [0.5, 0.6) is 0 Å². The molecule has 0 bridgehead atoms. The third-order valence-electron chi connectivity index (χ3n) is 0.524. The monoisotopic (exact) mass is 136 g/mol. The van der Waals surface area contributed by atoms with E-state index in [9.17, 15) is 4.79 Å². The van der Waals surface area contributed by atoms with Gasteiger partial charge in [-0.05, 0) is 13.8 Å². The highest BCUT2D eigenvalue weighted by atomic mass is 16.7. The summed E-state index contributed by atoms with van der Waals surface area (Å²) in [5.41, 5.74) is 0. The minimum absolute atomic E-state index is 0. The minimum Gasteiger partial charge on any atom is -0.435 e.